The van der Waals surface area contributed by atoms with E-state index >= 15 is 0 Å². The topological polar surface area (TPSA) is 28.7 Å². The molecule has 1 fully saturated rings. The first-order valence-corrected chi connectivity index (χ1v) is 6.46. The second-order valence-electron chi connectivity index (χ2n) is 4.61. The van der Waals surface area contributed by atoms with Crippen molar-refractivity contribution in [1.82, 2.24) is 0 Å². The van der Waals surface area contributed by atoms with Crippen LogP contribution in [0.3, 0.4) is 0 Å². The minimum absolute atomic E-state index is 0.285. The van der Waals surface area contributed by atoms with Crippen LogP contribution in [0.5, 0.6) is 0 Å². The monoisotopic (exact) mass is 258 g/mol. The number of aliphatic imine (C=N–C) groups is 1. The minimum atomic E-state index is -0.285. The highest BCUT2D eigenvalue weighted by Crippen LogP contribution is 2.22. The lowest BCUT2D eigenvalue weighted by Crippen LogP contribution is -2.16. The Morgan fingerprint density at radius 3 is 2.79 bits per heavy atom. The van der Waals surface area contributed by atoms with Gasteiger partial charge in [-0.05, 0) is 37.1 Å². The summed E-state index contributed by atoms with van der Waals surface area (Å²) in [5.41, 5.74) is 0.583. The predicted molar refractivity (Wildman–Crippen MR) is 73.8 cm³/mol. The molecule has 19 heavy (non-hydrogen) atoms. The third-order valence-corrected chi connectivity index (χ3v) is 3.18. The smallest absolute Gasteiger partial charge is 0.196 e. The Balaban J connectivity index is 1.73. The summed E-state index contributed by atoms with van der Waals surface area (Å²) >= 11 is 0. The number of benzene rings is 1. The average Bonchev–Trinajstić information content (AvgIpc) is 3.07. The number of nitrogens with zero attached hydrogens (tertiary/aromatic N) is 2. The van der Waals surface area contributed by atoms with Crippen LogP contribution in [0.25, 0.3) is 0 Å². The van der Waals surface area contributed by atoms with E-state index in [1.54, 1.807) is 18.3 Å². The first-order chi connectivity index (χ1) is 9.31. The van der Waals surface area contributed by atoms with Crippen LogP contribution in [0.2, 0.25) is 0 Å². The molecule has 1 saturated heterocycles. The van der Waals surface area contributed by atoms with Crippen LogP contribution in [0.15, 0.2) is 45.8 Å². The molecule has 2 heterocycles. The summed E-state index contributed by atoms with van der Waals surface area (Å²) in [6.07, 6.45) is 4.05. The van der Waals surface area contributed by atoms with Gasteiger partial charge in [-0.3, -0.25) is 4.99 Å². The number of furan rings is 1. The Morgan fingerprint density at radius 1 is 1.16 bits per heavy atom. The van der Waals surface area contributed by atoms with Gasteiger partial charge in [-0.1, -0.05) is 6.07 Å². The largest absolute Gasteiger partial charge is 0.440 e. The molecule has 0 N–H and O–H groups in total. The van der Waals surface area contributed by atoms with E-state index in [2.05, 4.69) is 9.89 Å². The fourth-order valence-corrected chi connectivity index (χ4v) is 2.21. The summed E-state index contributed by atoms with van der Waals surface area (Å²) in [4.78, 5) is 6.42. The van der Waals surface area contributed by atoms with Gasteiger partial charge in [-0.2, -0.15) is 0 Å². The van der Waals surface area contributed by atoms with Crippen molar-refractivity contribution in [1.29, 1.82) is 0 Å². The van der Waals surface area contributed by atoms with E-state index in [4.69, 9.17) is 4.42 Å². The molecule has 0 saturated carbocycles. The van der Waals surface area contributed by atoms with Crippen molar-refractivity contribution in [2.45, 2.75) is 12.8 Å². The van der Waals surface area contributed by atoms with Gasteiger partial charge in [0, 0.05) is 19.2 Å². The van der Waals surface area contributed by atoms with Gasteiger partial charge in [-0.15, -0.1) is 0 Å². The maximum absolute atomic E-state index is 13.0. The van der Waals surface area contributed by atoms with E-state index in [0.717, 1.165) is 19.0 Å². The van der Waals surface area contributed by atoms with Crippen LogP contribution < -0.4 is 4.90 Å². The van der Waals surface area contributed by atoms with Gasteiger partial charge in [0.1, 0.15) is 11.6 Å². The molecule has 0 radical (unpaired) electrons. The van der Waals surface area contributed by atoms with Gasteiger partial charge in [0.05, 0.1) is 11.9 Å². The van der Waals surface area contributed by atoms with Gasteiger partial charge in [-0.25, -0.2) is 4.39 Å². The van der Waals surface area contributed by atoms with Crippen LogP contribution in [0, 0.1) is 5.82 Å². The van der Waals surface area contributed by atoms with Crippen LogP contribution >= 0.6 is 0 Å². The van der Waals surface area contributed by atoms with Gasteiger partial charge in [0.25, 0.3) is 0 Å². The van der Waals surface area contributed by atoms with Crippen LogP contribution in [0.1, 0.15) is 18.6 Å². The van der Waals surface area contributed by atoms with Crippen molar-refractivity contribution < 1.29 is 8.81 Å². The Morgan fingerprint density at radius 2 is 2.00 bits per heavy atom. The molecule has 1 aromatic carbocycles. The van der Waals surface area contributed by atoms with Crippen molar-refractivity contribution in [3.63, 3.8) is 0 Å². The lowest BCUT2D eigenvalue weighted by atomic mass is 10.3. The normalized spacial score (nSPS) is 15.5. The van der Waals surface area contributed by atoms with E-state index < -0.39 is 0 Å². The molecule has 0 amide bonds. The maximum Gasteiger partial charge on any atom is 0.196 e. The highest BCUT2D eigenvalue weighted by Gasteiger charge is 2.14. The van der Waals surface area contributed by atoms with E-state index in [1.807, 2.05) is 12.1 Å². The van der Waals surface area contributed by atoms with Crippen molar-refractivity contribution in [3.8, 4) is 0 Å². The Bertz CT molecular complexity index is 585. The number of hydrogen-bond acceptors (Lipinski definition) is 3. The molecule has 1 aliphatic rings. The first-order valence-electron chi connectivity index (χ1n) is 6.46. The molecule has 0 aliphatic carbocycles. The molecule has 3 rings (SSSR count). The maximum atomic E-state index is 13.0. The highest BCUT2D eigenvalue weighted by atomic mass is 19.1. The molecular weight excluding hydrogens is 243 g/mol. The molecule has 0 spiro atoms. The van der Waals surface area contributed by atoms with E-state index in [0.29, 0.717) is 11.4 Å². The molecule has 98 valence electrons. The molecule has 2 aromatic rings. The molecule has 0 bridgehead atoms. The third kappa shape index (κ3) is 2.84. The third-order valence-electron chi connectivity index (χ3n) is 3.18. The summed E-state index contributed by atoms with van der Waals surface area (Å²) in [5.74, 6) is 1.29. The Hall–Kier alpha value is -2.10. The minimum Gasteiger partial charge on any atom is -0.440 e. The number of hydrogen-bond donors (Lipinski definition) is 0. The zero-order valence-corrected chi connectivity index (χ0v) is 10.6. The standard InChI is InChI=1S/C15H15FN2O/c16-12-4-3-5-13(10-12)17-11-14-6-7-15(19-14)18-8-1-2-9-18/h3-7,10-11H,1-2,8-9H2. The van der Waals surface area contributed by atoms with Crippen molar-refractivity contribution in [2.24, 2.45) is 4.99 Å². The predicted octanol–water partition coefficient (Wildman–Crippen LogP) is 3.77. The van der Waals surface area contributed by atoms with Crippen LogP contribution in [0.4, 0.5) is 16.0 Å². The second-order valence-corrected chi connectivity index (χ2v) is 4.61. The van der Waals surface area contributed by atoms with Crippen LogP contribution in [-0.4, -0.2) is 19.3 Å². The molecule has 0 atom stereocenters. The van der Waals surface area contributed by atoms with E-state index in [1.165, 1.54) is 25.0 Å². The van der Waals surface area contributed by atoms with Crippen molar-refractivity contribution in [2.75, 3.05) is 18.0 Å². The lowest BCUT2D eigenvalue weighted by Gasteiger charge is -2.12. The number of rotatable bonds is 3. The van der Waals surface area contributed by atoms with Crippen molar-refractivity contribution in [3.05, 3.63) is 48.0 Å². The summed E-state index contributed by atoms with van der Waals surface area (Å²) < 4.78 is 18.7. The fraction of sp³-hybridized carbons (Fsp3) is 0.267. The van der Waals surface area contributed by atoms with Gasteiger partial charge < -0.3 is 9.32 Å². The molecule has 3 nitrogen and oxygen atoms in total. The summed E-state index contributed by atoms with van der Waals surface area (Å²) in [6.45, 7) is 2.10. The van der Waals surface area contributed by atoms with Crippen molar-refractivity contribution >= 4 is 17.8 Å². The lowest BCUT2D eigenvalue weighted by molar-refractivity contribution is 0.550. The van der Waals surface area contributed by atoms with Gasteiger partial charge in [0.15, 0.2) is 5.88 Å². The molecule has 4 heteroatoms. The highest BCUT2D eigenvalue weighted by molar-refractivity contribution is 5.79. The van der Waals surface area contributed by atoms with E-state index in [9.17, 15) is 4.39 Å². The summed E-state index contributed by atoms with van der Waals surface area (Å²) in [6, 6.07) is 10.0. The Kier molecular flexibility index (Phi) is 3.31. The second kappa shape index (κ2) is 5.26. The molecule has 1 aromatic heterocycles. The average molecular weight is 258 g/mol. The zero-order valence-electron chi connectivity index (χ0n) is 10.6. The van der Waals surface area contributed by atoms with Crippen LogP contribution in [-0.2, 0) is 0 Å². The molecule has 0 unspecified atom stereocenters. The quantitative estimate of drug-likeness (QED) is 0.784. The summed E-state index contributed by atoms with van der Waals surface area (Å²) in [5, 5.41) is 0. The molecular formula is C15H15FN2O. The Labute approximate surface area is 111 Å². The first kappa shape index (κ1) is 12.0. The zero-order chi connectivity index (χ0) is 13.1. The molecule has 1 aliphatic heterocycles. The number of halogens is 1. The number of anilines is 1. The fourth-order valence-electron chi connectivity index (χ4n) is 2.21. The van der Waals surface area contributed by atoms with E-state index in [-0.39, 0.29) is 5.82 Å². The SMILES string of the molecule is Fc1cccc(N=Cc2ccc(N3CCCC3)o2)c1. The van der Waals surface area contributed by atoms with Gasteiger partial charge >= 0.3 is 0 Å². The van der Waals surface area contributed by atoms with Gasteiger partial charge in [0.2, 0.25) is 0 Å². The summed E-state index contributed by atoms with van der Waals surface area (Å²) in [7, 11) is 0.